The Kier molecular flexibility index (Phi) is 4.85. The van der Waals surface area contributed by atoms with Crippen molar-refractivity contribution in [2.45, 2.75) is 13.5 Å². The molecule has 126 valence electrons. The van der Waals surface area contributed by atoms with Gasteiger partial charge in [-0.3, -0.25) is 14.9 Å². The quantitative estimate of drug-likeness (QED) is 0.531. The number of aryl methyl sites for hydroxylation is 1. The van der Waals surface area contributed by atoms with Crippen molar-refractivity contribution in [3.8, 4) is 0 Å². The third kappa shape index (κ3) is 4.07. The summed E-state index contributed by atoms with van der Waals surface area (Å²) in [5, 5.41) is 12.7. The summed E-state index contributed by atoms with van der Waals surface area (Å²) < 4.78 is 1.88. The van der Waals surface area contributed by atoms with Gasteiger partial charge in [-0.15, -0.1) is 11.3 Å². The highest BCUT2D eigenvalue weighted by molar-refractivity contribution is 7.07. The van der Waals surface area contributed by atoms with Crippen molar-refractivity contribution in [3.05, 3.63) is 91.7 Å². The van der Waals surface area contributed by atoms with E-state index in [0.717, 1.165) is 5.56 Å². The smallest absolute Gasteiger partial charge is 0.279 e. The number of thiazole rings is 1. The molecule has 1 amide bonds. The summed E-state index contributed by atoms with van der Waals surface area (Å²) in [5.41, 5.74) is 2.36. The molecular weight excluding hydrogens is 338 g/mol. The van der Waals surface area contributed by atoms with Gasteiger partial charge in [0.15, 0.2) is 4.80 Å². The molecule has 0 aliphatic carbocycles. The average Bonchev–Trinajstić information content (AvgIpc) is 3.03. The molecule has 3 aromatic rings. The number of carbonyl (C=O) groups is 1. The molecule has 3 rings (SSSR count). The lowest BCUT2D eigenvalue weighted by Crippen LogP contribution is -2.17. The molecule has 0 bridgehead atoms. The standard InChI is InChI=1S/C18H15N3O3S/c1-13-5-7-14(8-6-13)12-20-9-10-25-18(20)19-17(22)15-3-2-4-16(11-15)21(23)24/h2-11H,12H2,1H3. The Morgan fingerprint density at radius 2 is 2.00 bits per heavy atom. The number of carbonyl (C=O) groups excluding carboxylic acids is 1. The summed E-state index contributed by atoms with van der Waals surface area (Å²) in [7, 11) is 0. The number of nitro groups is 1. The van der Waals surface area contributed by atoms with Gasteiger partial charge in [0.25, 0.3) is 11.6 Å². The molecule has 0 spiro atoms. The predicted molar refractivity (Wildman–Crippen MR) is 95.6 cm³/mol. The van der Waals surface area contributed by atoms with Crippen LogP contribution in [0.25, 0.3) is 0 Å². The molecule has 2 aromatic carbocycles. The first-order valence-electron chi connectivity index (χ1n) is 7.56. The van der Waals surface area contributed by atoms with Crippen LogP contribution in [0.15, 0.2) is 65.1 Å². The van der Waals surface area contributed by atoms with E-state index in [9.17, 15) is 14.9 Å². The van der Waals surface area contributed by atoms with E-state index in [4.69, 9.17) is 0 Å². The van der Waals surface area contributed by atoms with E-state index in [0.29, 0.717) is 11.3 Å². The first-order valence-corrected chi connectivity index (χ1v) is 8.44. The van der Waals surface area contributed by atoms with Gasteiger partial charge in [-0.1, -0.05) is 35.9 Å². The molecule has 25 heavy (non-hydrogen) atoms. The summed E-state index contributed by atoms with van der Waals surface area (Å²) in [5.74, 6) is -0.496. The highest BCUT2D eigenvalue weighted by Crippen LogP contribution is 2.14. The van der Waals surface area contributed by atoms with Crippen LogP contribution < -0.4 is 4.80 Å². The van der Waals surface area contributed by atoms with Crippen LogP contribution in [-0.2, 0) is 6.54 Å². The fraction of sp³-hybridized carbons (Fsp3) is 0.111. The summed E-state index contributed by atoms with van der Waals surface area (Å²) in [6.45, 7) is 2.63. The maximum Gasteiger partial charge on any atom is 0.279 e. The molecule has 0 aliphatic rings. The number of amides is 1. The molecule has 0 unspecified atom stereocenters. The molecule has 6 nitrogen and oxygen atoms in total. The lowest BCUT2D eigenvalue weighted by atomic mass is 10.1. The van der Waals surface area contributed by atoms with E-state index in [1.54, 1.807) is 0 Å². The predicted octanol–water partition coefficient (Wildman–Crippen LogP) is 3.56. The third-order valence-corrected chi connectivity index (χ3v) is 4.43. The van der Waals surface area contributed by atoms with Crippen molar-refractivity contribution < 1.29 is 9.72 Å². The van der Waals surface area contributed by atoms with Gasteiger partial charge in [0, 0.05) is 35.8 Å². The zero-order valence-corrected chi connectivity index (χ0v) is 14.3. The molecule has 0 N–H and O–H groups in total. The molecule has 1 aromatic heterocycles. The normalized spacial score (nSPS) is 11.5. The summed E-state index contributed by atoms with van der Waals surface area (Å²) in [6.07, 6.45) is 1.87. The van der Waals surface area contributed by atoms with Gasteiger partial charge in [0.2, 0.25) is 0 Å². The number of nitro benzene ring substituents is 1. The molecule has 0 saturated heterocycles. The molecule has 0 radical (unpaired) electrons. The van der Waals surface area contributed by atoms with E-state index < -0.39 is 10.8 Å². The van der Waals surface area contributed by atoms with Gasteiger partial charge in [0.1, 0.15) is 0 Å². The molecule has 7 heteroatoms. The lowest BCUT2D eigenvalue weighted by Gasteiger charge is -2.04. The number of non-ortho nitro benzene ring substituents is 1. The minimum absolute atomic E-state index is 0.125. The molecule has 0 fully saturated rings. The van der Waals surface area contributed by atoms with Crippen molar-refractivity contribution in [2.24, 2.45) is 4.99 Å². The van der Waals surface area contributed by atoms with Crippen LogP contribution in [0, 0.1) is 17.0 Å². The Balaban J connectivity index is 1.88. The van der Waals surface area contributed by atoms with Crippen molar-refractivity contribution in [2.75, 3.05) is 0 Å². The van der Waals surface area contributed by atoms with Crippen LogP contribution >= 0.6 is 11.3 Å². The Bertz CT molecular complexity index is 987. The maximum atomic E-state index is 12.3. The number of nitrogens with zero attached hydrogens (tertiary/aromatic N) is 3. The van der Waals surface area contributed by atoms with Crippen molar-refractivity contribution >= 4 is 22.9 Å². The van der Waals surface area contributed by atoms with E-state index in [2.05, 4.69) is 4.99 Å². The van der Waals surface area contributed by atoms with Crippen LogP contribution in [0.5, 0.6) is 0 Å². The number of rotatable bonds is 4. The van der Waals surface area contributed by atoms with Gasteiger partial charge in [-0.05, 0) is 18.6 Å². The first kappa shape index (κ1) is 16.8. The van der Waals surface area contributed by atoms with Gasteiger partial charge in [-0.2, -0.15) is 4.99 Å². The second-order valence-corrected chi connectivity index (χ2v) is 6.40. The van der Waals surface area contributed by atoms with Crippen molar-refractivity contribution in [1.29, 1.82) is 0 Å². The van der Waals surface area contributed by atoms with Gasteiger partial charge >= 0.3 is 0 Å². The van der Waals surface area contributed by atoms with Gasteiger partial charge < -0.3 is 4.57 Å². The number of benzene rings is 2. The highest BCUT2D eigenvalue weighted by atomic mass is 32.1. The second kappa shape index (κ2) is 7.23. The van der Waals surface area contributed by atoms with Crippen molar-refractivity contribution in [1.82, 2.24) is 4.57 Å². The Labute approximate surface area is 147 Å². The molecule has 0 atom stereocenters. The minimum atomic E-state index is -0.528. The van der Waals surface area contributed by atoms with Crippen LogP contribution in [-0.4, -0.2) is 15.4 Å². The van der Waals surface area contributed by atoms with Gasteiger partial charge in [0.05, 0.1) is 4.92 Å². The monoisotopic (exact) mass is 353 g/mol. The van der Waals surface area contributed by atoms with E-state index in [1.165, 1.54) is 41.2 Å². The van der Waals surface area contributed by atoms with Crippen LogP contribution in [0.1, 0.15) is 21.5 Å². The molecule has 1 heterocycles. The highest BCUT2D eigenvalue weighted by Gasteiger charge is 2.11. The maximum absolute atomic E-state index is 12.3. The summed E-state index contributed by atoms with van der Waals surface area (Å²) >= 11 is 1.35. The number of hydrogen-bond donors (Lipinski definition) is 0. The molecule has 0 saturated carbocycles. The van der Waals surface area contributed by atoms with Crippen LogP contribution in [0.3, 0.4) is 0 Å². The lowest BCUT2D eigenvalue weighted by molar-refractivity contribution is -0.384. The fourth-order valence-electron chi connectivity index (χ4n) is 2.30. The zero-order valence-electron chi connectivity index (χ0n) is 13.5. The molecular formula is C18H15N3O3S. The fourth-order valence-corrected chi connectivity index (χ4v) is 3.03. The van der Waals surface area contributed by atoms with E-state index in [1.807, 2.05) is 47.3 Å². The zero-order chi connectivity index (χ0) is 17.8. The minimum Gasteiger partial charge on any atom is -0.319 e. The SMILES string of the molecule is Cc1ccc(Cn2ccsc2=NC(=O)c2cccc([N+](=O)[O-])c2)cc1. The number of aromatic nitrogens is 1. The Morgan fingerprint density at radius 1 is 1.24 bits per heavy atom. The average molecular weight is 353 g/mol. The Morgan fingerprint density at radius 3 is 2.72 bits per heavy atom. The second-order valence-electron chi connectivity index (χ2n) is 5.52. The van der Waals surface area contributed by atoms with Gasteiger partial charge in [-0.25, -0.2) is 0 Å². The molecule has 0 aliphatic heterocycles. The van der Waals surface area contributed by atoms with Crippen LogP contribution in [0.2, 0.25) is 0 Å². The van der Waals surface area contributed by atoms with Crippen LogP contribution in [0.4, 0.5) is 5.69 Å². The summed E-state index contributed by atoms with van der Waals surface area (Å²) in [4.78, 5) is 27.3. The number of hydrogen-bond acceptors (Lipinski definition) is 4. The van der Waals surface area contributed by atoms with E-state index in [-0.39, 0.29) is 11.3 Å². The topological polar surface area (TPSA) is 77.5 Å². The summed E-state index contributed by atoms with van der Waals surface area (Å²) in [6, 6.07) is 13.7. The Hall–Kier alpha value is -3.06. The van der Waals surface area contributed by atoms with E-state index >= 15 is 0 Å². The third-order valence-electron chi connectivity index (χ3n) is 3.63. The van der Waals surface area contributed by atoms with Crippen molar-refractivity contribution in [3.63, 3.8) is 0 Å². The largest absolute Gasteiger partial charge is 0.319 e. The first-order chi connectivity index (χ1) is 12.0.